The van der Waals surface area contributed by atoms with Gasteiger partial charge in [0.25, 0.3) is 11.8 Å². The first-order chi connectivity index (χ1) is 15.5. The van der Waals surface area contributed by atoms with E-state index in [-0.39, 0.29) is 11.5 Å². The predicted molar refractivity (Wildman–Crippen MR) is 126 cm³/mol. The van der Waals surface area contributed by atoms with Gasteiger partial charge in [0, 0.05) is 22.5 Å². The molecule has 0 unspecified atom stereocenters. The summed E-state index contributed by atoms with van der Waals surface area (Å²) in [5.74, 6) is -0.706. The third-order valence-electron chi connectivity index (χ3n) is 4.71. The van der Waals surface area contributed by atoms with Crippen LogP contribution in [-0.2, 0) is 4.74 Å². The van der Waals surface area contributed by atoms with Crippen LogP contribution in [-0.4, -0.2) is 30.9 Å². The summed E-state index contributed by atoms with van der Waals surface area (Å²) in [6.45, 7) is 1.45. The van der Waals surface area contributed by atoms with Crippen LogP contribution in [0.1, 0.15) is 20.7 Å². The van der Waals surface area contributed by atoms with Gasteiger partial charge in [-0.3, -0.25) is 9.59 Å². The molecule has 3 aromatic carbocycles. The first-order valence-corrected chi connectivity index (χ1v) is 11.1. The van der Waals surface area contributed by atoms with Crippen molar-refractivity contribution in [1.29, 1.82) is 0 Å². The molecule has 0 aromatic heterocycles. The number of carbonyl (C=O) groups excluding carboxylic acids is 2. The summed E-state index contributed by atoms with van der Waals surface area (Å²) in [6.07, 6.45) is 0. The van der Waals surface area contributed by atoms with E-state index in [0.717, 1.165) is 18.3 Å². The van der Waals surface area contributed by atoms with Crippen molar-refractivity contribution < 1.29 is 18.7 Å². The van der Waals surface area contributed by atoms with Gasteiger partial charge in [0.15, 0.2) is 0 Å². The molecule has 3 aromatic rings. The van der Waals surface area contributed by atoms with Crippen molar-refractivity contribution in [3.8, 4) is 0 Å². The van der Waals surface area contributed by atoms with Gasteiger partial charge in [-0.25, -0.2) is 4.39 Å². The molecule has 1 heterocycles. The minimum atomic E-state index is -0.511. The van der Waals surface area contributed by atoms with Crippen LogP contribution in [0.2, 0.25) is 5.02 Å². The highest BCUT2D eigenvalue weighted by Gasteiger charge is 2.14. The molecule has 1 fully saturated rings. The summed E-state index contributed by atoms with van der Waals surface area (Å²) in [5.41, 5.74) is 2.42. The largest absolute Gasteiger partial charge is 0.367 e. The van der Waals surface area contributed by atoms with Crippen molar-refractivity contribution in [2.24, 2.45) is 0 Å². The summed E-state index contributed by atoms with van der Waals surface area (Å²) in [7, 11) is 0. The summed E-state index contributed by atoms with van der Waals surface area (Å²) in [5, 5.41) is 5.74. The maximum Gasteiger partial charge on any atom is 0.255 e. The second-order valence-electron chi connectivity index (χ2n) is 6.92. The lowest BCUT2D eigenvalue weighted by Crippen LogP contribution is -2.26. The average Bonchev–Trinajstić information content (AvgIpc) is 2.82. The first-order valence-electron chi connectivity index (χ1n) is 9.76. The molecule has 2 amide bonds. The van der Waals surface area contributed by atoms with Crippen LogP contribution in [0.4, 0.5) is 21.5 Å². The van der Waals surface area contributed by atoms with Crippen molar-refractivity contribution in [1.82, 2.24) is 0 Å². The van der Waals surface area contributed by atoms with Gasteiger partial charge in [-0.05, 0) is 72.6 Å². The number of benzene rings is 3. The van der Waals surface area contributed by atoms with E-state index < -0.39 is 11.7 Å². The molecule has 1 saturated heterocycles. The van der Waals surface area contributed by atoms with Crippen LogP contribution in [0.5, 0.6) is 0 Å². The highest BCUT2D eigenvalue weighted by molar-refractivity contribution is 8.00. The number of nitrogens with zero attached hydrogens (tertiary/aromatic N) is 1. The molecule has 2 N–H and O–H groups in total. The van der Waals surface area contributed by atoms with E-state index in [1.54, 1.807) is 42.3 Å². The SMILES string of the molecule is O=C(Nc1ccc(Cl)c(NC(=O)c2cccc(F)c2)c1)c1ccc(N2CCOCS2)cc1. The Balaban J connectivity index is 1.44. The molecule has 9 heteroatoms. The van der Waals surface area contributed by atoms with E-state index in [2.05, 4.69) is 14.9 Å². The van der Waals surface area contributed by atoms with E-state index in [0.29, 0.717) is 34.5 Å². The van der Waals surface area contributed by atoms with Gasteiger partial charge in [0.05, 0.1) is 23.9 Å². The Labute approximate surface area is 193 Å². The van der Waals surface area contributed by atoms with Crippen LogP contribution >= 0.6 is 23.5 Å². The molecule has 1 aliphatic heterocycles. The van der Waals surface area contributed by atoms with Gasteiger partial charge < -0.3 is 19.7 Å². The van der Waals surface area contributed by atoms with Crippen molar-refractivity contribution in [2.45, 2.75) is 0 Å². The normalized spacial score (nSPS) is 13.5. The maximum absolute atomic E-state index is 13.4. The number of nitrogens with one attached hydrogen (secondary N) is 2. The molecule has 0 bridgehead atoms. The Morgan fingerprint density at radius 3 is 2.47 bits per heavy atom. The monoisotopic (exact) mass is 471 g/mol. The molecule has 0 aliphatic carbocycles. The lowest BCUT2D eigenvalue weighted by molar-refractivity contribution is 0.101. The van der Waals surface area contributed by atoms with Gasteiger partial charge in [-0.15, -0.1) is 0 Å². The minimum absolute atomic E-state index is 0.161. The Hall–Kier alpha value is -3.07. The zero-order valence-electron chi connectivity index (χ0n) is 16.8. The van der Waals surface area contributed by atoms with Crippen LogP contribution in [0.15, 0.2) is 66.7 Å². The lowest BCUT2D eigenvalue weighted by Gasteiger charge is -2.27. The fourth-order valence-corrected chi connectivity index (χ4v) is 4.04. The number of halogens is 2. The fourth-order valence-electron chi connectivity index (χ4n) is 3.08. The van der Waals surface area contributed by atoms with Crippen molar-refractivity contribution in [2.75, 3.05) is 34.0 Å². The molecule has 0 radical (unpaired) electrons. The number of hydrogen-bond donors (Lipinski definition) is 2. The highest BCUT2D eigenvalue weighted by atomic mass is 35.5. The number of ether oxygens (including phenoxy) is 1. The van der Waals surface area contributed by atoms with E-state index in [4.69, 9.17) is 16.3 Å². The van der Waals surface area contributed by atoms with Crippen LogP contribution in [0.25, 0.3) is 0 Å². The van der Waals surface area contributed by atoms with Gasteiger partial charge in [0.1, 0.15) is 11.8 Å². The summed E-state index contributed by atoms with van der Waals surface area (Å²) in [6, 6.07) is 17.4. The minimum Gasteiger partial charge on any atom is -0.367 e. The first kappa shape index (κ1) is 22.1. The van der Waals surface area contributed by atoms with Crippen LogP contribution < -0.4 is 14.9 Å². The van der Waals surface area contributed by atoms with Gasteiger partial charge >= 0.3 is 0 Å². The zero-order chi connectivity index (χ0) is 22.5. The average molecular weight is 472 g/mol. The van der Waals surface area contributed by atoms with Crippen molar-refractivity contribution in [3.05, 3.63) is 88.7 Å². The Kier molecular flexibility index (Phi) is 6.94. The van der Waals surface area contributed by atoms with Crippen molar-refractivity contribution in [3.63, 3.8) is 0 Å². The molecular weight excluding hydrogens is 453 g/mol. The van der Waals surface area contributed by atoms with E-state index in [1.807, 2.05) is 12.1 Å². The number of carbonyl (C=O) groups is 2. The van der Waals surface area contributed by atoms with E-state index >= 15 is 0 Å². The lowest BCUT2D eigenvalue weighted by atomic mass is 10.1. The molecule has 1 aliphatic rings. The Morgan fingerprint density at radius 1 is 0.969 bits per heavy atom. The zero-order valence-corrected chi connectivity index (χ0v) is 18.4. The summed E-state index contributed by atoms with van der Waals surface area (Å²) >= 11 is 7.77. The predicted octanol–water partition coefficient (Wildman–Crippen LogP) is 5.43. The smallest absolute Gasteiger partial charge is 0.255 e. The fraction of sp³-hybridized carbons (Fsp3) is 0.130. The molecule has 0 spiro atoms. The quantitative estimate of drug-likeness (QED) is 0.486. The van der Waals surface area contributed by atoms with Crippen molar-refractivity contribution >= 4 is 52.4 Å². The third-order valence-corrected chi connectivity index (χ3v) is 6.01. The Bertz CT molecular complexity index is 1140. The van der Waals surface area contributed by atoms with Crippen LogP contribution in [0.3, 0.4) is 0 Å². The molecule has 0 atom stereocenters. The maximum atomic E-state index is 13.4. The number of amides is 2. The van der Waals surface area contributed by atoms with Crippen LogP contribution in [0, 0.1) is 5.82 Å². The van der Waals surface area contributed by atoms with E-state index in [1.165, 1.54) is 18.2 Å². The van der Waals surface area contributed by atoms with Gasteiger partial charge in [0.2, 0.25) is 0 Å². The molecule has 32 heavy (non-hydrogen) atoms. The second-order valence-corrected chi connectivity index (χ2v) is 8.26. The molecule has 0 saturated carbocycles. The standard InChI is InChI=1S/C23H19ClFN3O3S/c24-20-9-6-18(13-21(20)27-23(30)16-2-1-3-17(25)12-16)26-22(29)15-4-7-19(8-5-15)28-10-11-31-14-32-28/h1-9,12-13H,10-11,14H2,(H,26,29)(H,27,30). The molecule has 6 nitrogen and oxygen atoms in total. The van der Waals surface area contributed by atoms with Gasteiger partial charge in [-0.1, -0.05) is 17.7 Å². The van der Waals surface area contributed by atoms with E-state index in [9.17, 15) is 14.0 Å². The number of hydrogen-bond acceptors (Lipinski definition) is 5. The number of rotatable bonds is 5. The Morgan fingerprint density at radius 2 is 1.75 bits per heavy atom. The topological polar surface area (TPSA) is 70.7 Å². The van der Waals surface area contributed by atoms with Gasteiger partial charge in [-0.2, -0.15) is 0 Å². The molecule has 4 rings (SSSR count). The highest BCUT2D eigenvalue weighted by Crippen LogP contribution is 2.28. The number of anilines is 3. The molecule has 164 valence electrons. The summed E-state index contributed by atoms with van der Waals surface area (Å²) < 4.78 is 20.8. The molecular formula is C23H19ClFN3O3S. The summed E-state index contributed by atoms with van der Waals surface area (Å²) in [4.78, 5) is 25.1. The third kappa shape index (κ3) is 5.40. The second kappa shape index (κ2) is 10.0.